The first-order valence-corrected chi connectivity index (χ1v) is 8.85. The predicted octanol–water partition coefficient (Wildman–Crippen LogP) is 1.95. The lowest BCUT2D eigenvalue weighted by molar-refractivity contribution is 0.144. The summed E-state index contributed by atoms with van der Waals surface area (Å²) in [5.74, 6) is 0. The molecule has 118 valence electrons. The molecule has 0 saturated carbocycles. The van der Waals surface area contributed by atoms with E-state index in [1.807, 2.05) is 7.05 Å². The van der Waals surface area contributed by atoms with E-state index in [2.05, 4.69) is 11.8 Å². The average molecular weight is 332 g/mol. The maximum atomic E-state index is 12.9. The van der Waals surface area contributed by atoms with Crippen LogP contribution in [0.3, 0.4) is 0 Å². The van der Waals surface area contributed by atoms with Crippen LogP contribution >= 0.6 is 11.6 Å². The van der Waals surface area contributed by atoms with Gasteiger partial charge in [0.2, 0.25) is 10.0 Å². The number of nitrogens with two attached hydrogens (primary N) is 1. The van der Waals surface area contributed by atoms with Crippen molar-refractivity contribution < 1.29 is 8.42 Å². The molecule has 0 amide bonds. The number of benzene rings is 1. The maximum Gasteiger partial charge on any atom is 0.243 e. The van der Waals surface area contributed by atoms with Crippen LogP contribution in [0.15, 0.2) is 17.0 Å². The summed E-state index contributed by atoms with van der Waals surface area (Å²) in [5, 5.41) is 0.345. The van der Waals surface area contributed by atoms with E-state index < -0.39 is 10.0 Å². The SMILES string of the molecule is CCC1CN(S(=O)(=O)c2cc(Cl)cc(N)c2C)CCN1C. The zero-order chi connectivity index (χ0) is 15.8. The lowest BCUT2D eigenvalue weighted by atomic mass is 10.1. The summed E-state index contributed by atoms with van der Waals surface area (Å²) in [6, 6.07) is 3.31. The highest BCUT2D eigenvalue weighted by Gasteiger charge is 2.33. The van der Waals surface area contributed by atoms with Gasteiger partial charge in [-0.3, -0.25) is 0 Å². The second-order valence-electron chi connectivity index (χ2n) is 5.52. The van der Waals surface area contributed by atoms with Crippen molar-refractivity contribution in [1.82, 2.24) is 9.21 Å². The van der Waals surface area contributed by atoms with E-state index in [-0.39, 0.29) is 10.9 Å². The Hall–Kier alpha value is -0.820. The van der Waals surface area contributed by atoms with E-state index in [1.165, 1.54) is 6.07 Å². The van der Waals surface area contributed by atoms with Gasteiger partial charge in [-0.2, -0.15) is 4.31 Å². The molecule has 0 spiro atoms. The molecule has 21 heavy (non-hydrogen) atoms. The molecule has 5 nitrogen and oxygen atoms in total. The van der Waals surface area contributed by atoms with Gasteiger partial charge in [-0.1, -0.05) is 18.5 Å². The Morgan fingerprint density at radius 2 is 2.05 bits per heavy atom. The van der Waals surface area contributed by atoms with Crippen molar-refractivity contribution in [3.63, 3.8) is 0 Å². The third-order valence-corrected chi connectivity index (χ3v) is 6.40. The van der Waals surface area contributed by atoms with Crippen LogP contribution in [0.2, 0.25) is 5.02 Å². The molecular formula is C14H22ClN3O2S. The van der Waals surface area contributed by atoms with Gasteiger partial charge in [0.1, 0.15) is 0 Å². The molecule has 1 aliphatic heterocycles. The van der Waals surface area contributed by atoms with Gasteiger partial charge in [-0.25, -0.2) is 8.42 Å². The first-order valence-electron chi connectivity index (χ1n) is 7.03. The number of halogens is 1. The molecule has 1 aromatic carbocycles. The molecule has 1 aliphatic rings. The molecule has 1 unspecified atom stereocenters. The minimum Gasteiger partial charge on any atom is -0.398 e. The molecule has 0 radical (unpaired) electrons. The number of hydrogen-bond acceptors (Lipinski definition) is 4. The molecule has 1 atom stereocenters. The van der Waals surface area contributed by atoms with Crippen LogP contribution in [0.25, 0.3) is 0 Å². The average Bonchev–Trinajstić information content (AvgIpc) is 2.42. The van der Waals surface area contributed by atoms with Crippen LogP contribution in [-0.4, -0.2) is 50.3 Å². The molecule has 0 aromatic heterocycles. The van der Waals surface area contributed by atoms with Gasteiger partial charge >= 0.3 is 0 Å². The molecule has 2 N–H and O–H groups in total. The molecule has 1 aromatic rings. The molecular weight excluding hydrogens is 310 g/mol. The Morgan fingerprint density at radius 3 is 2.67 bits per heavy atom. The lowest BCUT2D eigenvalue weighted by Gasteiger charge is -2.38. The molecule has 1 saturated heterocycles. The van der Waals surface area contributed by atoms with Gasteiger partial charge in [0.25, 0.3) is 0 Å². The first-order chi connectivity index (χ1) is 9.77. The monoisotopic (exact) mass is 331 g/mol. The van der Waals surface area contributed by atoms with Crippen LogP contribution in [0.4, 0.5) is 5.69 Å². The standard InChI is InChI=1S/C14H22ClN3O2S/c1-4-12-9-18(6-5-17(12)3)21(19,20)14-8-11(15)7-13(16)10(14)2/h7-8,12H,4-6,9,16H2,1-3H3. The van der Waals surface area contributed by atoms with Crippen LogP contribution in [0, 0.1) is 6.92 Å². The molecule has 1 heterocycles. The normalized spacial score (nSPS) is 21.6. The molecule has 0 bridgehead atoms. The first kappa shape index (κ1) is 16.5. The van der Waals surface area contributed by atoms with Crippen LogP contribution in [-0.2, 0) is 10.0 Å². The van der Waals surface area contributed by atoms with E-state index in [0.29, 0.717) is 29.4 Å². The topological polar surface area (TPSA) is 66.6 Å². The number of piperazine rings is 1. The summed E-state index contributed by atoms with van der Waals surface area (Å²) in [6.07, 6.45) is 0.916. The Morgan fingerprint density at radius 1 is 1.38 bits per heavy atom. The largest absolute Gasteiger partial charge is 0.398 e. The van der Waals surface area contributed by atoms with E-state index in [0.717, 1.165) is 13.0 Å². The third kappa shape index (κ3) is 3.18. The number of nitrogen functional groups attached to an aromatic ring is 1. The van der Waals surface area contributed by atoms with Crippen molar-refractivity contribution in [2.45, 2.75) is 31.2 Å². The van der Waals surface area contributed by atoms with Crippen LogP contribution in [0.1, 0.15) is 18.9 Å². The van der Waals surface area contributed by atoms with Crippen molar-refractivity contribution in [3.8, 4) is 0 Å². The summed E-state index contributed by atoms with van der Waals surface area (Å²) in [5.41, 5.74) is 6.81. The Bertz CT molecular complexity index is 633. The van der Waals surface area contributed by atoms with Gasteiger partial charge < -0.3 is 10.6 Å². The molecule has 1 fully saturated rings. The van der Waals surface area contributed by atoms with Gasteiger partial charge in [0, 0.05) is 36.4 Å². The second-order valence-corrected chi connectivity index (χ2v) is 7.87. The number of anilines is 1. The fraction of sp³-hybridized carbons (Fsp3) is 0.571. The number of rotatable bonds is 3. The Balaban J connectivity index is 2.39. The van der Waals surface area contributed by atoms with E-state index in [1.54, 1.807) is 17.3 Å². The molecule has 0 aliphatic carbocycles. The number of hydrogen-bond donors (Lipinski definition) is 1. The highest BCUT2D eigenvalue weighted by Crippen LogP contribution is 2.29. The number of sulfonamides is 1. The smallest absolute Gasteiger partial charge is 0.243 e. The number of nitrogens with zero attached hydrogens (tertiary/aromatic N) is 2. The molecule has 7 heteroatoms. The summed E-state index contributed by atoms with van der Waals surface area (Å²) in [7, 11) is -1.53. The summed E-state index contributed by atoms with van der Waals surface area (Å²) in [4.78, 5) is 2.41. The van der Waals surface area contributed by atoms with E-state index in [4.69, 9.17) is 17.3 Å². The van der Waals surface area contributed by atoms with Gasteiger partial charge in [0.15, 0.2) is 0 Å². The third-order valence-electron chi connectivity index (χ3n) is 4.19. The zero-order valence-corrected chi connectivity index (χ0v) is 14.2. The summed E-state index contributed by atoms with van der Waals surface area (Å²) in [6.45, 7) is 5.50. The zero-order valence-electron chi connectivity index (χ0n) is 12.6. The highest BCUT2D eigenvalue weighted by atomic mass is 35.5. The van der Waals surface area contributed by atoms with Crippen LogP contribution in [0.5, 0.6) is 0 Å². The van der Waals surface area contributed by atoms with Gasteiger partial charge in [0.05, 0.1) is 4.90 Å². The lowest BCUT2D eigenvalue weighted by Crippen LogP contribution is -2.52. The summed E-state index contributed by atoms with van der Waals surface area (Å²) >= 11 is 5.98. The van der Waals surface area contributed by atoms with Crippen molar-refractivity contribution >= 4 is 27.3 Å². The van der Waals surface area contributed by atoms with E-state index in [9.17, 15) is 8.42 Å². The fourth-order valence-corrected chi connectivity index (χ4v) is 4.70. The van der Waals surface area contributed by atoms with Crippen molar-refractivity contribution in [1.29, 1.82) is 0 Å². The summed E-state index contributed by atoms with van der Waals surface area (Å²) < 4.78 is 27.3. The van der Waals surface area contributed by atoms with Crippen molar-refractivity contribution in [2.75, 3.05) is 32.4 Å². The van der Waals surface area contributed by atoms with Crippen molar-refractivity contribution in [2.24, 2.45) is 0 Å². The van der Waals surface area contributed by atoms with E-state index >= 15 is 0 Å². The van der Waals surface area contributed by atoms with Gasteiger partial charge in [-0.05, 0) is 38.1 Å². The Labute approximate surface area is 131 Å². The number of likely N-dealkylation sites (N-methyl/N-ethyl adjacent to an activating group) is 1. The minimum atomic E-state index is -3.56. The second kappa shape index (κ2) is 6.12. The van der Waals surface area contributed by atoms with Gasteiger partial charge in [-0.15, -0.1) is 0 Å². The minimum absolute atomic E-state index is 0.215. The maximum absolute atomic E-state index is 12.9. The fourth-order valence-electron chi connectivity index (χ4n) is 2.66. The Kier molecular flexibility index (Phi) is 4.82. The highest BCUT2D eigenvalue weighted by molar-refractivity contribution is 7.89. The molecule has 2 rings (SSSR count). The quantitative estimate of drug-likeness (QED) is 0.860. The van der Waals surface area contributed by atoms with Crippen molar-refractivity contribution in [3.05, 3.63) is 22.7 Å². The van der Waals surface area contributed by atoms with Crippen LogP contribution < -0.4 is 5.73 Å². The predicted molar refractivity (Wildman–Crippen MR) is 86.1 cm³/mol.